The van der Waals surface area contributed by atoms with Gasteiger partial charge >= 0.3 is 5.91 Å². The number of aliphatic hydroxyl groups excluding tert-OH is 1. The predicted octanol–water partition coefficient (Wildman–Crippen LogP) is 4.74. The number of pyridine rings is 1. The van der Waals surface area contributed by atoms with E-state index in [1.807, 2.05) is 30.3 Å². The quantitative estimate of drug-likeness (QED) is 0.249. The molecule has 5 rings (SSSR count). The van der Waals surface area contributed by atoms with Gasteiger partial charge < -0.3 is 9.84 Å². The predicted molar refractivity (Wildman–Crippen MR) is 128 cm³/mol. The van der Waals surface area contributed by atoms with Gasteiger partial charge in [-0.2, -0.15) is 0 Å². The molecular formula is C26H19N3O4S. The average molecular weight is 470 g/mol. The lowest BCUT2D eigenvalue weighted by Gasteiger charge is -2.23. The second kappa shape index (κ2) is 9.29. The van der Waals surface area contributed by atoms with Crippen LogP contribution in [0, 0.1) is 0 Å². The van der Waals surface area contributed by atoms with Crippen LogP contribution in [0.5, 0.6) is 5.75 Å². The normalized spacial score (nSPS) is 17.2. The fourth-order valence-corrected chi connectivity index (χ4v) is 4.50. The summed E-state index contributed by atoms with van der Waals surface area (Å²) in [5.41, 5.74) is 2.10. The van der Waals surface area contributed by atoms with E-state index in [0.717, 1.165) is 5.56 Å². The number of rotatable bonds is 6. The largest absolute Gasteiger partial charge is 0.507 e. The Hall–Kier alpha value is -4.30. The van der Waals surface area contributed by atoms with Crippen LogP contribution < -0.4 is 9.64 Å². The number of ketones is 1. The van der Waals surface area contributed by atoms with Gasteiger partial charge in [0, 0.05) is 29.5 Å². The summed E-state index contributed by atoms with van der Waals surface area (Å²) < 4.78 is 5.87. The van der Waals surface area contributed by atoms with E-state index in [-0.39, 0.29) is 11.3 Å². The molecule has 4 aromatic rings. The molecule has 1 unspecified atom stereocenters. The standard InChI is InChI=1S/C26H19N3O4S/c30-23(19-10-12-27-13-11-19)21-22(29(25(32)24(21)31)26-28-14-15-34-26)18-6-8-20(9-7-18)33-16-17-4-2-1-3-5-17/h1-15,22,30H,16H2. The molecule has 7 nitrogen and oxygen atoms in total. The van der Waals surface area contributed by atoms with Crippen molar-refractivity contribution in [2.75, 3.05) is 4.90 Å². The topological polar surface area (TPSA) is 92.6 Å². The molecule has 1 aliphatic heterocycles. The van der Waals surface area contributed by atoms with Gasteiger partial charge in [-0.3, -0.25) is 19.5 Å². The number of carbonyl (C=O) groups excluding carboxylic acids is 2. The minimum atomic E-state index is -0.831. The highest BCUT2D eigenvalue weighted by Crippen LogP contribution is 2.42. The van der Waals surface area contributed by atoms with Crippen molar-refractivity contribution in [2.24, 2.45) is 0 Å². The van der Waals surface area contributed by atoms with E-state index in [0.29, 0.717) is 28.6 Å². The maximum atomic E-state index is 13.1. The molecule has 1 N–H and O–H groups in total. The Morgan fingerprint density at radius 3 is 2.38 bits per heavy atom. The van der Waals surface area contributed by atoms with Gasteiger partial charge in [-0.05, 0) is 35.4 Å². The van der Waals surface area contributed by atoms with Crippen molar-refractivity contribution < 1.29 is 19.4 Å². The number of hydrogen-bond donors (Lipinski definition) is 1. The van der Waals surface area contributed by atoms with E-state index in [1.54, 1.807) is 48.0 Å². The zero-order valence-corrected chi connectivity index (χ0v) is 18.7. The third-order valence-electron chi connectivity index (χ3n) is 5.47. The van der Waals surface area contributed by atoms with Crippen LogP contribution in [0.1, 0.15) is 22.7 Å². The molecule has 1 aliphatic rings. The molecule has 0 bridgehead atoms. The Labute approximate surface area is 199 Å². The zero-order valence-electron chi connectivity index (χ0n) is 17.9. The zero-order chi connectivity index (χ0) is 23.5. The van der Waals surface area contributed by atoms with E-state index in [1.165, 1.54) is 28.6 Å². The van der Waals surface area contributed by atoms with Crippen molar-refractivity contribution in [2.45, 2.75) is 12.6 Å². The Balaban J connectivity index is 1.52. The number of nitrogens with zero attached hydrogens (tertiary/aromatic N) is 3. The van der Waals surface area contributed by atoms with Crippen molar-refractivity contribution >= 4 is 33.9 Å². The van der Waals surface area contributed by atoms with Gasteiger partial charge in [-0.1, -0.05) is 42.5 Å². The number of benzene rings is 2. The summed E-state index contributed by atoms with van der Waals surface area (Å²) in [5.74, 6) is -1.11. The van der Waals surface area contributed by atoms with Crippen molar-refractivity contribution in [1.29, 1.82) is 0 Å². The molecule has 1 atom stereocenters. The molecule has 2 aromatic carbocycles. The lowest BCUT2D eigenvalue weighted by Crippen LogP contribution is -2.29. The summed E-state index contributed by atoms with van der Waals surface area (Å²) in [5, 5.41) is 13.1. The van der Waals surface area contributed by atoms with Gasteiger partial charge in [0.15, 0.2) is 5.13 Å². The number of anilines is 1. The van der Waals surface area contributed by atoms with Crippen molar-refractivity contribution in [3.8, 4) is 5.75 Å². The van der Waals surface area contributed by atoms with Crippen LogP contribution >= 0.6 is 11.3 Å². The Kier molecular flexibility index (Phi) is 5.88. The van der Waals surface area contributed by atoms with Gasteiger partial charge in [-0.15, -0.1) is 11.3 Å². The van der Waals surface area contributed by atoms with Gasteiger partial charge in [0.05, 0.1) is 11.6 Å². The summed E-state index contributed by atoms with van der Waals surface area (Å²) in [4.78, 5) is 35.6. The summed E-state index contributed by atoms with van der Waals surface area (Å²) in [6.07, 6.45) is 4.60. The van der Waals surface area contributed by atoms with Gasteiger partial charge in [0.1, 0.15) is 18.1 Å². The molecule has 168 valence electrons. The third kappa shape index (κ3) is 4.06. The molecule has 2 aromatic heterocycles. The van der Waals surface area contributed by atoms with E-state index in [4.69, 9.17) is 4.74 Å². The SMILES string of the molecule is O=C1C(=O)N(c2nccs2)C(c2ccc(OCc3ccccc3)cc2)C1=C(O)c1ccncc1. The number of ether oxygens (including phenoxy) is 1. The van der Waals surface area contributed by atoms with E-state index < -0.39 is 17.7 Å². The van der Waals surface area contributed by atoms with Crippen LogP contribution in [-0.2, 0) is 16.2 Å². The van der Waals surface area contributed by atoms with Crippen molar-refractivity contribution in [1.82, 2.24) is 9.97 Å². The monoisotopic (exact) mass is 469 g/mol. The summed E-state index contributed by atoms with van der Waals surface area (Å²) in [6.45, 7) is 0.416. The highest BCUT2D eigenvalue weighted by molar-refractivity contribution is 7.14. The number of amides is 1. The number of thiazole rings is 1. The van der Waals surface area contributed by atoms with Crippen LogP contribution in [0.2, 0.25) is 0 Å². The Morgan fingerprint density at radius 2 is 1.71 bits per heavy atom. The lowest BCUT2D eigenvalue weighted by atomic mass is 9.95. The van der Waals surface area contributed by atoms with Crippen LogP contribution in [0.4, 0.5) is 5.13 Å². The van der Waals surface area contributed by atoms with Crippen LogP contribution in [0.15, 0.2) is 96.3 Å². The molecule has 1 fully saturated rings. The molecule has 1 saturated heterocycles. The lowest BCUT2D eigenvalue weighted by molar-refractivity contribution is -0.132. The van der Waals surface area contributed by atoms with Crippen molar-refractivity contribution in [3.05, 3.63) is 113 Å². The molecular weight excluding hydrogens is 450 g/mol. The maximum absolute atomic E-state index is 13.1. The van der Waals surface area contributed by atoms with Crippen LogP contribution in [-0.4, -0.2) is 26.8 Å². The van der Waals surface area contributed by atoms with E-state index in [2.05, 4.69) is 9.97 Å². The number of Topliss-reactive ketones (excluding diaryl/α,β-unsaturated/α-hetero) is 1. The first-order chi connectivity index (χ1) is 16.6. The molecule has 1 amide bonds. The molecule has 0 spiro atoms. The highest BCUT2D eigenvalue weighted by atomic mass is 32.1. The average Bonchev–Trinajstić information content (AvgIpc) is 3.50. The van der Waals surface area contributed by atoms with Crippen molar-refractivity contribution in [3.63, 3.8) is 0 Å². The number of hydrogen-bond acceptors (Lipinski definition) is 7. The summed E-state index contributed by atoms with van der Waals surface area (Å²) >= 11 is 1.25. The van der Waals surface area contributed by atoms with Gasteiger partial charge in [-0.25, -0.2) is 4.98 Å². The van der Waals surface area contributed by atoms with Crippen LogP contribution in [0.3, 0.4) is 0 Å². The minimum Gasteiger partial charge on any atom is -0.507 e. The Bertz CT molecular complexity index is 1340. The van der Waals surface area contributed by atoms with Gasteiger partial charge in [0.25, 0.3) is 5.78 Å². The summed E-state index contributed by atoms with van der Waals surface area (Å²) in [7, 11) is 0. The first kappa shape index (κ1) is 21.5. The van der Waals surface area contributed by atoms with E-state index >= 15 is 0 Å². The molecule has 34 heavy (non-hydrogen) atoms. The second-order valence-corrected chi connectivity index (χ2v) is 8.44. The Morgan fingerprint density at radius 1 is 0.971 bits per heavy atom. The van der Waals surface area contributed by atoms with E-state index in [9.17, 15) is 14.7 Å². The molecule has 8 heteroatoms. The number of aromatic nitrogens is 2. The second-order valence-electron chi connectivity index (χ2n) is 7.56. The van der Waals surface area contributed by atoms with Crippen LogP contribution in [0.25, 0.3) is 5.76 Å². The molecule has 3 heterocycles. The first-order valence-corrected chi connectivity index (χ1v) is 11.4. The number of aliphatic hydroxyl groups is 1. The molecule has 0 radical (unpaired) electrons. The minimum absolute atomic E-state index is 0.00403. The smallest absolute Gasteiger partial charge is 0.301 e. The molecule has 0 saturated carbocycles. The third-order valence-corrected chi connectivity index (χ3v) is 6.24. The van der Waals surface area contributed by atoms with Gasteiger partial charge in [0.2, 0.25) is 0 Å². The summed E-state index contributed by atoms with van der Waals surface area (Å²) in [6, 6.07) is 19.3. The first-order valence-electron chi connectivity index (χ1n) is 10.5. The fourth-order valence-electron chi connectivity index (χ4n) is 3.83. The highest BCUT2D eigenvalue weighted by Gasteiger charge is 2.47. The maximum Gasteiger partial charge on any atom is 0.301 e. The number of carbonyl (C=O) groups is 2. The fraction of sp³-hybridized carbons (Fsp3) is 0.0769. The molecule has 0 aliphatic carbocycles.